The van der Waals surface area contributed by atoms with Crippen molar-refractivity contribution in [3.8, 4) is 0 Å². The first-order valence-corrected chi connectivity index (χ1v) is 11.2. The Bertz CT molecular complexity index is 390. The minimum Gasteiger partial charge on any atom is -0.481 e. The Balaban J connectivity index is 0. The molecule has 0 rings (SSSR count). The second-order valence-corrected chi connectivity index (χ2v) is 7.42. The molecule has 0 amide bonds. The van der Waals surface area contributed by atoms with E-state index in [4.69, 9.17) is 10.2 Å². The molecule has 0 aromatic rings. The van der Waals surface area contributed by atoms with E-state index in [9.17, 15) is 9.59 Å². The number of hydrogen-bond acceptors (Lipinski definition) is 2. The van der Waals surface area contributed by atoms with Gasteiger partial charge in [-0.05, 0) is 44.9 Å². The lowest BCUT2D eigenvalue weighted by atomic mass is 9.98. The average Bonchev–Trinajstić information content (AvgIpc) is 2.66. The van der Waals surface area contributed by atoms with Crippen molar-refractivity contribution >= 4 is 11.9 Å². The van der Waals surface area contributed by atoms with Crippen LogP contribution in [0.5, 0.6) is 0 Å². The number of hydrogen-bond donors (Lipinski definition) is 2. The number of unbranched alkanes of at least 4 members (excludes halogenated alkanes) is 11. The van der Waals surface area contributed by atoms with Gasteiger partial charge in [-0.2, -0.15) is 0 Å². The summed E-state index contributed by atoms with van der Waals surface area (Å²) in [7, 11) is 0. The van der Waals surface area contributed by atoms with Crippen LogP contribution in [-0.2, 0) is 9.59 Å². The summed E-state index contributed by atoms with van der Waals surface area (Å²) in [5.74, 6) is -1.44. The fourth-order valence-electron chi connectivity index (χ4n) is 2.98. The molecule has 4 heteroatoms. The van der Waals surface area contributed by atoms with E-state index in [0.29, 0.717) is 6.42 Å². The SMILES string of the molecule is C=CCCCCCCCC(CC)C(=O)O.C=CCCCCCCCCC(=O)O. The first-order chi connectivity index (χ1) is 13.5. The number of carbonyl (C=O) groups is 2. The first-order valence-electron chi connectivity index (χ1n) is 11.2. The van der Waals surface area contributed by atoms with Gasteiger partial charge in [0.05, 0.1) is 5.92 Å². The molecular weight excluding hydrogens is 352 g/mol. The molecule has 0 heterocycles. The van der Waals surface area contributed by atoms with Gasteiger partial charge in [0.1, 0.15) is 0 Å². The van der Waals surface area contributed by atoms with E-state index in [1.54, 1.807) is 0 Å². The van der Waals surface area contributed by atoms with Crippen LogP contribution in [0.3, 0.4) is 0 Å². The van der Waals surface area contributed by atoms with Crippen molar-refractivity contribution in [1.29, 1.82) is 0 Å². The van der Waals surface area contributed by atoms with Crippen LogP contribution >= 0.6 is 0 Å². The third kappa shape index (κ3) is 24.4. The predicted molar refractivity (Wildman–Crippen MR) is 119 cm³/mol. The summed E-state index contributed by atoms with van der Waals surface area (Å²) in [4.78, 5) is 20.9. The second kappa shape index (κ2) is 23.5. The lowest BCUT2D eigenvalue weighted by Crippen LogP contribution is -2.12. The van der Waals surface area contributed by atoms with Crippen LogP contribution in [0, 0.1) is 5.92 Å². The number of rotatable bonds is 19. The summed E-state index contributed by atoms with van der Waals surface area (Å²) in [5.41, 5.74) is 0. The molecule has 0 saturated carbocycles. The molecule has 0 aromatic heterocycles. The molecule has 0 fully saturated rings. The summed E-state index contributed by atoms with van der Waals surface area (Å²) >= 11 is 0. The van der Waals surface area contributed by atoms with Crippen molar-refractivity contribution in [2.24, 2.45) is 5.92 Å². The van der Waals surface area contributed by atoms with E-state index in [0.717, 1.165) is 44.9 Å². The summed E-state index contributed by atoms with van der Waals surface area (Å²) in [6.07, 6.45) is 20.7. The van der Waals surface area contributed by atoms with Crippen LogP contribution in [-0.4, -0.2) is 22.2 Å². The third-order valence-corrected chi connectivity index (χ3v) is 4.85. The molecule has 4 nitrogen and oxygen atoms in total. The summed E-state index contributed by atoms with van der Waals surface area (Å²) in [6, 6.07) is 0. The summed E-state index contributed by atoms with van der Waals surface area (Å²) in [6.45, 7) is 9.29. The molecular formula is C24H44O4. The predicted octanol–water partition coefficient (Wildman–Crippen LogP) is 7.39. The van der Waals surface area contributed by atoms with Gasteiger partial charge in [0.25, 0.3) is 0 Å². The molecule has 0 aliphatic carbocycles. The van der Waals surface area contributed by atoms with E-state index in [2.05, 4.69) is 13.2 Å². The summed E-state index contributed by atoms with van der Waals surface area (Å²) in [5, 5.41) is 17.2. The second-order valence-electron chi connectivity index (χ2n) is 7.42. The zero-order valence-corrected chi connectivity index (χ0v) is 18.2. The fraction of sp³-hybridized carbons (Fsp3) is 0.750. The van der Waals surface area contributed by atoms with Crippen LogP contribution in [0.2, 0.25) is 0 Å². The average molecular weight is 397 g/mol. The van der Waals surface area contributed by atoms with Gasteiger partial charge in [-0.15, -0.1) is 13.2 Å². The standard InChI is InChI=1S/C13H24O2.C11H20O2/c1-3-5-6-7-8-9-10-11-12(4-2)13(14)15;1-2-3-4-5-6-7-8-9-10-11(12)13/h3,12H,1,4-11H2,2H3,(H,14,15);2H,1,3-10H2,(H,12,13). The van der Waals surface area contributed by atoms with Crippen molar-refractivity contribution in [2.45, 2.75) is 110 Å². The smallest absolute Gasteiger partial charge is 0.306 e. The Hall–Kier alpha value is -1.58. The molecule has 0 radical (unpaired) electrons. The van der Waals surface area contributed by atoms with Gasteiger partial charge in [0.2, 0.25) is 0 Å². The molecule has 0 spiro atoms. The van der Waals surface area contributed by atoms with Crippen molar-refractivity contribution in [3.63, 3.8) is 0 Å². The van der Waals surface area contributed by atoms with Gasteiger partial charge < -0.3 is 10.2 Å². The highest BCUT2D eigenvalue weighted by Gasteiger charge is 2.13. The number of carboxylic acids is 2. The van der Waals surface area contributed by atoms with Gasteiger partial charge in [0.15, 0.2) is 0 Å². The van der Waals surface area contributed by atoms with Gasteiger partial charge in [0, 0.05) is 6.42 Å². The Morgan fingerprint density at radius 2 is 1.18 bits per heavy atom. The first kappa shape index (κ1) is 28.6. The maximum atomic E-state index is 10.7. The molecule has 1 atom stereocenters. The third-order valence-electron chi connectivity index (χ3n) is 4.85. The van der Waals surface area contributed by atoms with Crippen molar-refractivity contribution in [1.82, 2.24) is 0 Å². The highest BCUT2D eigenvalue weighted by molar-refractivity contribution is 5.69. The van der Waals surface area contributed by atoms with Gasteiger partial charge in [-0.3, -0.25) is 9.59 Å². The highest BCUT2D eigenvalue weighted by Crippen LogP contribution is 2.15. The van der Waals surface area contributed by atoms with Crippen LogP contribution < -0.4 is 0 Å². The van der Waals surface area contributed by atoms with E-state index in [-0.39, 0.29) is 5.92 Å². The number of carboxylic acid groups (broad SMARTS) is 2. The lowest BCUT2D eigenvalue weighted by molar-refractivity contribution is -0.142. The zero-order valence-electron chi connectivity index (χ0n) is 18.2. The molecule has 0 aliphatic heterocycles. The Morgan fingerprint density at radius 3 is 1.57 bits per heavy atom. The van der Waals surface area contributed by atoms with Crippen molar-refractivity contribution < 1.29 is 19.8 Å². The minimum absolute atomic E-state index is 0.127. The molecule has 1 unspecified atom stereocenters. The molecule has 0 aromatic carbocycles. The number of allylic oxidation sites excluding steroid dienone is 2. The van der Waals surface area contributed by atoms with Crippen LogP contribution in [0.25, 0.3) is 0 Å². The molecule has 0 saturated heterocycles. The lowest BCUT2D eigenvalue weighted by Gasteiger charge is -2.08. The number of aliphatic carboxylic acids is 2. The molecule has 0 bridgehead atoms. The van der Waals surface area contributed by atoms with Gasteiger partial charge >= 0.3 is 11.9 Å². The quantitative estimate of drug-likeness (QED) is 0.176. The van der Waals surface area contributed by atoms with E-state index in [1.807, 2.05) is 19.1 Å². The Kier molecular flexibility index (Phi) is 24.0. The molecule has 164 valence electrons. The zero-order chi connectivity index (χ0) is 21.5. The topological polar surface area (TPSA) is 74.6 Å². The van der Waals surface area contributed by atoms with Crippen LogP contribution in [0.1, 0.15) is 110 Å². The highest BCUT2D eigenvalue weighted by atomic mass is 16.4. The van der Waals surface area contributed by atoms with E-state index < -0.39 is 11.9 Å². The van der Waals surface area contributed by atoms with E-state index >= 15 is 0 Å². The van der Waals surface area contributed by atoms with Crippen molar-refractivity contribution in [3.05, 3.63) is 25.3 Å². The molecule has 0 aliphatic rings. The normalized spacial score (nSPS) is 11.2. The van der Waals surface area contributed by atoms with E-state index in [1.165, 1.54) is 51.4 Å². The van der Waals surface area contributed by atoms with Crippen LogP contribution in [0.15, 0.2) is 25.3 Å². The van der Waals surface area contributed by atoms with Crippen molar-refractivity contribution in [2.75, 3.05) is 0 Å². The molecule has 28 heavy (non-hydrogen) atoms. The monoisotopic (exact) mass is 396 g/mol. The Morgan fingerprint density at radius 1 is 0.750 bits per heavy atom. The Labute approximate surface area is 173 Å². The maximum absolute atomic E-state index is 10.7. The fourth-order valence-corrected chi connectivity index (χ4v) is 2.98. The molecule has 2 N–H and O–H groups in total. The maximum Gasteiger partial charge on any atom is 0.306 e. The van der Waals surface area contributed by atoms with Crippen LogP contribution in [0.4, 0.5) is 0 Å². The summed E-state index contributed by atoms with van der Waals surface area (Å²) < 4.78 is 0. The van der Waals surface area contributed by atoms with Gasteiger partial charge in [-0.25, -0.2) is 0 Å². The van der Waals surface area contributed by atoms with Gasteiger partial charge in [-0.1, -0.05) is 70.4 Å². The minimum atomic E-state index is -0.674. The largest absolute Gasteiger partial charge is 0.481 e.